The Kier molecular flexibility index (Phi) is 6.58. The largest absolute Gasteiger partial charge is 0.493 e. The van der Waals surface area contributed by atoms with E-state index in [4.69, 9.17) is 11.6 Å². The zero-order chi connectivity index (χ0) is 18.4. The van der Waals surface area contributed by atoms with E-state index in [0.29, 0.717) is 23.0 Å². The molecule has 1 aromatic carbocycles. The molecule has 2 N–H and O–H groups in total. The highest BCUT2D eigenvalue weighted by atomic mass is 35.5. The first kappa shape index (κ1) is 19.0. The van der Waals surface area contributed by atoms with Crippen LogP contribution in [0.1, 0.15) is 45.1 Å². The fourth-order valence-corrected chi connectivity index (χ4v) is 2.67. The van der Waals surface area contributed by atoms with Gasteiger partial charge in [0, 0.05) is 17.3 Å². The number of nitrogens with one attached hydrogen (secondary N) is 1. The van der Waals surface area contributed by atoms with Gasteiger partial charge < -0.3 is 5.11 Å². The molecule has 0 saturated carbocycles. The first-order chi connectivity index (χ1) is 12.0. The minimum absolute atomic E-state index is 0.00467. The van der Waals surface area contributed by atoms with Crippen molar-refractivity contribution in [2.45, 2.75) is 39.5 Å². The maximum atomic E-state index is 12.1. The highest BCUT2D eigenvalue weighted by Crippen LogP contribution is 2.19. The number of H-pyrrole nitrogens is 1. The molecule has 0 bridgehead atoms. The fraction of sp³-hybridized carbons (Fsp3) is 0.389. The average Bonchev–Trinajstić information content (AvgIpc) is 2.56. The number of hydrogen-bond acceptors (Lipinski definition) is 4. The Hall–Kier alpha value is -2.34. The second-order valence-electron chi connectivity index (χ2n) is 5.80. The van der Waals surface area contributed by atoms with Crippen LogP contribution in [0.4, 0.5) is 0 Å². The number of rotatable bonds is 7. The molecule has 0 aliphatic rings. The first-order valence-electron chi connectivity index (χ1n) is 8.31. The minimum atomic E-state index is -0.718. The van der Waals surface area contributed by atoms with Gasteiger partial charge in [0.15, 0.2) is 0 Å². The zero-order valence-electron chi connectivity index (χ0n) is 14.4. The number of unbranched alkanes of at least 4 members (excludes halogenated alkanes) is 3. The third-order valence-corrected chi connectivity index (χ3v) is 4.15. The summed E-state index contributed by atoms with van der Waals surface area (Å²) < 4.78 is 1.03. The molecule has 0 aliphatic heterocycles. The number of nitrogens with zero attached hydrogens (tertiary/aromatic N) is 2. The molecule has 0 unspecified atom stereocenters. The van der Waals surface area contributed by atoms with Gasteiger partial charge in [-0.25, -0.2) is 9.36 Å². The van der Waals surface area contributed by atoms with Crippen molar-refractivity contribution in [3.63, 3.8) is 0 Å². The van der Waals surface area contributed by atoms with E-state index in [9.17, 15) is 14.7 Å². The summed E-state index contributed by atoms with van der Waals surface area (Å²) in [6.07, 6.45) is 4.26. The van der Waals surface area contributed by atoms with Crippen molar-refractivity contribution >= 4 is 17.3 Å². The van der Waals surface area contributed by atoms with E-state index < -0.39 is 17.1 Å². The Bertz CT molecular complexity index is 867. The summed E-state index contributed by atoms with van der Waals surface area (Å²) in [4.78, 5) is 30.9. The molecule has 1 aromatic heterocycles. The molecule has 134 valence electrons. The maximum Gasteiger partial charge on any atom is 0.335 e. The molecule has 2 rings (SSSR count). The highest BCUT2D eigenvalue weighted by molar-refractivity contribution is 6.30. The predicted molar refractivity (Wildman–Crippen MR) is 101 cm³/mol. The molecular formula is C18H22ClN3O3. The third kappa shape index (κ3) is 4.60. The minimum Gasteiger partial charge on any atom is -0.493 e. The molecule has 0 radical (unpaired) electrons. The van der Waals surface area contributed by atoms with Crippen molar-refractivity contribution in [1.29, 1.82) is 0 Å². The Labute approximate surface area is 150 Å². The summed E-state index contributed by atoms with van der Waals surface area (Å²) in [6, 6.07) is 6.37. The summed E-state index contributed by atoms with van der Waals surface area (Å²) >= 11 is 5.85. The van der Waals surface area contributed by atoms with Crippen molar-refractivity contribution < 1.29 is 5.11 Å². The Morgan fingerprint density at radius 2 is 1.88 bits per heavy atom. The SMILES string of the molecule is CCCCCCN=C(C)c1c(O)n(-c2ccc(Cl)cc2)c(=O)[nH]c1=O. The van der Waals surface area contributed by atoms with Crippen molar-refractivity contribution in [2.24, 2.45) is 4.99 Å². The lowest BCUT2D eigenvalue weighted by molar-refractivity contribution is 0.429. The van der Waals surface area contributed by atoms with Gasteiger partial charge in [-0.3, -0.25) is 14.8 Å². The monoisotopic (exact) mass is 363 g/mol. The Morgan fingerprint density at radius 1 is 1.20 bits per heavy atom. The molecule has 0 spiro atoms. The highest BCUT2D eigenvalue weighted by Gasteiger charge is 2.17. The first-order valence-corrected chi connectivity index (χ1v) is 8.69. The van der Waals surface area contributed by atoms with Crippen LogP contribution in [0.25, 0.3) is 5.69 Å². The van der Waals surface area contributed by atoms with Crippen LogP contribution in [-0.2, 0) is 0 Å². The van der Waals surface area contributed by atoms with Crippen molar-refractivity contribution in [3.05, 3.63) is 55.7 Å². The van der Waals surface area contributed by atoms with E-state index in [1.807, 2.05) is 0 Å². The number of hydrogen-bond donors (Lipinski definition) is 2. The van der Waals surface area contributed by atoms with Gasteiger partial charge in [0.25, 0.3) is 5.56 Å². The van der Waals surface area contributed by atoms with Crippen LogP contribution in [0.3, 0.4) is 0 Å². The van der Waals surface area contributed by atoms with Crippen LogP contribution in [-0.4, -0.2) is 26.9 Å². The molecule has 7 heteroatoms. The number of aromatic nitrogens is 2. The molecule has 0 saturated heterocycles. The quantitative estimate of drug-likeness (QED) is 0.584. The van der Waals surface area contributed by atoms with Crippen molar-refractivity contribution in [1.82, 2.24) is 9.55 Å². The van der Waals surface area contributed by atoms with Gasteiger partial charge in [0.1, 0.15) is 5.56 Å². The van der Waals surface area contributed by atoms with Crippen molar-refractivity contribution in [2.75, 3.05) is 6.54 Å². The van der Waals surface area contributed by atoms with Gasteiger partial charge in [-0.15, -0.1) is 0 Å². The summed E-state index contributed by atoms with van der Waals surface area (Å²) in [5.74, 6) is -0.425. The fourth-order valence-electron chi connectivity index (χ4n) is 2.55. The molecule has 2 aromatic rings. The average molecular weight is 364 g/mol. The van der Waals surface area contributed by atoms with Gasteiger partial charge in [-0.1, -0.05) is 37.8 Å². The molecule has 0 atom stereocenters. The van der Waals surface area contributed by atoms with Crippen molar-refractivity contribution in [3.8, 4) is 11.6 Å². The van der Waals surface area contributed by atoms with Gasteiger partial charge in [0.2, 0.25) is 5.88 Å². The van der Waals surface area contributed by atoms with E-state index >= 15 is 0 Å². The van der Waals surface area contributed by atoms with Crippen LogP contribution in [0.15, 0.2) is 38.8 Å². The second-order valence-corrected chi connectivity index (χ2v) is 6.23. The van der Waals surface area contributed by atoms with Gasteiger partial charge in [-0.05, 0) is 37.6 Å². The number of aromatic amines is 1. The van der Waals surface area contributed by atoms with Crippen LogP contribution >= 0.6 is 11.6 Å². The van der Waals surface area contributed by atoms with E-state index in [-0.39, 0.29) is 5.56 Å². The second kappa shape index (κ2) is 8.67. The predicted octanol–water partition coefficient (Wildman–Crippen LogP) is 3.27. The topological polar surface area (TPSA) is 87.4 Å². The van der Waals surface area contributed by atoms with Crippen LogP contribution in [0, 0.1) is 0 Å². The molecule has 0 amide bonds. The van der Waals surface area contributed by atoms with Crippen LogP contribution in [0.2, 0.25) is 5.02 Å². The summed E-state index contributed by atoms with van der Waals surface area (Å²) in [7, 11) is 0. The lowest BCUT2D eigenvalue weighted by atomic mass is 10.2. The summed E-state index contributed by atoms with van der Waals surface area (Å²) in [5, 5.41) is 11.0. The summed E-state index contributed by atoms with van der Waals surface area (Å²) in [6.45, 7) is 4.36. The van der Waals surface area contributed by atoms with E-state index in [2.05, 4.69) is 16.9 Å². The lowest BCUT2D eigenvalue weighted by Gasteiger charge is -2.11. The standard InChI is InChI=1S/C18H22ClN3O3/c1-3-4-5-6-11-20-12(2)15-16(23)21-18(25)22(17(15)24)14-9-7-13(19)8-10-14/h7-10,24H,3-6,11H2,1-2H3,(H,21,23,25). The zero-order valence-corrected chi connectivity index (χ0v) is 15.1. The van der Waals surface area contributed by atoms with E-state index in [1.165, 1.54) is 0 Å². The molecule has 1 heterocycles. The third-order valence-electron chi connectivity index (χ3n) is 3.89. The molecule has 0 fully saturated rings. The van der Waals surface area contributed by atoms with Gasteiger partial charge in [0.05, 0.1) is 5.69 Å². The number of aromatic hydroxyl groups is 1. The van der Waals surface area contributed by atoms with Gasteiger partial charge in [-0.2, -0.15) is 0 Å². The maximum absolute atomic E-state index is 12.1. The molecule has 6 nitrogen and oxygen atoms in total. The summed E-state index contributed by atoms with van der Waals surface area (Å²) in [5.41, 5.74) is -0.560. The molecular weight excluding hydrogens is 342 g/mol. The Morgan fingerprint density at radius 3 is 2.52 bits per heavy atom. The van der Waals surface area contributed by atoms with E-state index in [1.54, 1.807) is 31.2 Å². The number of aliphatic imine (C=N–C) groups is 1. The molecule has 25 heavy (non-hydrogen) atoms. The van der Waals surface area contributed by atoms with Gasteiger partial charge >= 0.3 is 5.69 Å². The number of halogens is 1. The normalized spacial score (nSPS) is 11.7. The van der Waals surface area contributed by atoms with Crippen LogP contribution < -0.4 is 11.2 Å². The number of benzene rings is 1. The lowest BCUT2D eigenvalue weighted by Crippen LogP contribution is -2.32. The molecule has 0 aliphatic carbocycles. The van der Waals surface area contributed by atoms with Crippen LogP contribution in [0.5, 0.6) is 5.88 Å². The smallest absolute Gasteiger partial charge is 0.335 e. The van der Waals surface area contributed by atoms with E-state index in [0.717, 1.165) is 30.3 Å². The Balaban J connectivity index is 2.41.